The Morgan fingerprint density at radius 3 is 2.46 bits per heavy atom. The number of hydrogen-bond donors (Lipinski definition) is 3. The zero-order chi connectivity index (χ0) is 40.9. The normalized spacial score (nSPS) is 40.5. The first-order valence-corrected chi connectivity index (χ1v) is 22.5. The molecule has 312 valence electrons. The van der Waals surface area contributed by atoms with E-state index in [1.54, 1.807) is 49.4 Å². The van der Waals surface area contributed by atoms with E-state index in [1.165, 1.54) is 0 Å². The maximum absolute atomic E-state index is 14.4. The van der Waals surface area contributed by atoms with E-state index in [0.717, 1.165) is 36.7 Å². The number of nitrogens with one attached hydrogen (secondary N) is 1. The second kappa shape index (κ2) is 16.0. The molecule has 12 nitrogen and oxygen atoms in total. The number of carbonyl (C=O) groups excluding carboxylic acids is 2. The van der Waals surface area contributed by atoms with Crippen LogP contribution in [0.3, 0.4) is 0 Å². The molecule has 7 rings (SSSR count). The molecule has 3 saturated heterocycles. The smallest absolute Gasteiger partial charge is 0.317 e. The number of aliphatic hydroxyl groups excluding tert-OH is 1. The number of sulfonamides is 1. The quantitative estimate of drug-likeness (QED) is 0.230. The molecule has 2 bridgehead atoms. The summed E-state index contributed by atoms with van der Waals surface area (Å²) in [6.07, 6.45) is 12.0. The Hall–Kier alpha value is -3.33. The summed E-state index contributed by atoms with van der Waals surface area (Å²) in [6, 6.07) is 6.91. The Kier molecular flexibility index (Phi) is 11.8. The maximum Gasteiger partial charge on any atom is 0.317 e. The molecule has 0 aromatic heterocycles. The first-order chi connectivity index (χ1) is 27.0. The van der Waals surface area contributed by atoms with E-state index in [9.17, 15) is 28.2 Å². The van der Waals surface area contributed by atoms with Crippen molar-refractivity contribution < 1.29 is 51.9 Å². The number of hydrogen-bond acceptors (Lipinski definition) is 11. The maximum atomic E-state index is 14.4. The highest BCUT2D eigenvalue weighted by atomic mass is 32.2. The lowest BCUT2D eigenvalue weighted by Crippen LogP contribution is -2.58. The molecule has 4 aliphatic heterocycles. The van der Waals surface area contributed by atoms with E-state index >= 15 is 0 Å². The summed E-state index contributed by atoms with van der Waals surface area (Å²) in [5, 5.41) is 23.5. The van der Waals surface area contributed by atoms with Crippen LogP contribution >= 0.6 is 0 Å². The average Bonchev–Trinajstić information content (AvgIpc) is 3.47. The summed E-state index contributed by atoms with van der Waals surface area (Å²) < 4.78 is 58.5. The highest BCUT2D eigenvalue weighted by molar-refractivity contribution is 7.92. The van der Waals surface area contributed by atoms with Gasteiger partial charge in [-0.25, -0.2) is 8.42 Å². The predicted molar refractivity (Wildman–Crippen MR) is 213 cm³/mol. The van der Waals surface area contributed by atoms with Gasteiger partial charge in [0.25, 0.3) is 0 Å². The minimum absolute atomic E-state index is 0.00704. The fourth-order valence-electron chi connectivity index (χ4n) is 9.81. The van der Waals surface area contributed by atoms with Crippen LogP contribution in [-0.2, 0) is 48.7 Å². The third-order valence-electron chi connectivity index (χ3n) is 13.3. The number of benzene rings is 1. The van der Waals surface area contributed by atoms with Gasteiger partial charge in [-0.1, -0.05) is 69.7 Å². The van der Waals surface area contributed by atoms with E-state index < -0.39 is 63.1 Å². The Bertz CT molecular complexity index is 1930. The van der Waals surface area contributed by atoms with Crippen molar-refractivity contribution in [3.8, 4) is 0 Å². The monoisotopic (exact) mass is 809 g/mol. The number of anilines is 1. The number of allylic oxidation sites excluding steroid dienone is 2. The number of esters is 2. The van der Waals surface area contributed by atoms with Crippen molar-refractivity contribution in [1.29, 1.82) is 0 Å². The molecule has 1 spiro atoms. The number of rotatable bonds is 6. The molecule has 1 aromatic rings. The van der Waals surface area contributed by atoms with E-state index in [0.29, 0.717) is 61.3 Å². The highest BCUT2D eigenvalue weighted by Crippen LogP contribution is 2.48. The van der Waals surface area contributed by atoms with Crippen LogP contribution in [0.25, 0.3) is 0 Å². The average molecular weight is 810 g/mol. The SMILES string of the molecule is CC[C@H]1O[C@]2(CC[C@@H]1C)C[C@@H]1C[C@@H](C/C=C(\C)[C@H](OC(=O)C3(c4ccc(NS(C)(=O)=O)cc4)CCC3)[C@@H](C)/C=C/C=C3\CO[C@@H]4[C@H](O)C(C)=C[C@@H](C(=O)O1)[C@]34O)O2. The number of ether oxygens (including phenoxy) is 5. The van der Waals surface area contributed by atoms with Crippen molar-refractivity contribution >= 4 is 27.6 Å². The van der Waals surface area contributed by atoms with E-state index in [2.05, 4.69) is 24.6 Å². The lowest BCUT2D eigenvalue weighted by Gasteiger charge is -2.50. The van der Waals surface area contributed by atoms with E-state index in [4.69, 9.17) is 23.7 Å². The Labute approximate surface area is 336 Å². The molecule has 3 N–H and O–H groups in total. The molecule has 2 aliphatic carbocycles. The minimum atomic E-state index is -3.46. The van der Waals surface area contributed by atoms with Crippen LogP contribution in [0, 0.1) is 17.8 Å². The van der Waals surface area contributed by atoms with Crippen molar-refractivity contribution in [2.75, 3.05) is 17.6 Å². The largest absolute Gasteiger partial charge is 0.462 e. The summed E-state index contributed by atoms with van der Waals surface area (Å²) in [6.45, 7) is 9.93. The van der Waals surface area contributed by atoms with Crippen LogP contribution in [0.2, 0.25) is 0 Å². The van der Waals surface area contributed by atoms with Gasteiger partial charge in [0.1, 0.15) is 35.9 Å². The minimum Gasteiger partial charge on any atom is -0.462 e. The molecule has 11 atom stereocenters. The van der Waals surface area contributed by atoms with Gasteiger partial charge in [0.15, 0.2) is 5.79 Å². The second-order valence-electron chi connectivity index (χ2n) is 17.5. The van der Waals surface area contributed by atoms with Crippen LogP contribution in [0.1, 0.15) is 98.0 Å². The molecule has 57 heavy (non-hydrogen) atoms. The van der Waals surface area contributed by atoms with Gasteiger partial charge in [-0.2, -0.15) is 0 Å². The third-order valence-corrected chi connectivity index (χ3v) is 13.9. The first kappa shape index (κ1) is 41.8. The fourth-order valence-corrected chi connectivity index (χ4v) is 10.4. The van der Waals surface area contributed by atoms with Crippen LogP contribution in [0.15, 0.2) is 71.4 Å². The molecule has 0 amide bonds. The molecular formula is C44H59NO11S. The summed E-state index contributed by atoms with van der Waals surface area (Å²) >= 11 is 0. The van der Waals surface area contributed by atoms with Gasteiger partial charge >= 0.3 is 11.9 Å². The molecule has 1 saturated carbocycles. The van der Waals surface area contributed by atoms with Crippen molar-refractivity contribution in [3.63, 3.8) is 0 Å². The standard InChI is InChI=1S/C44H59NO11S/c1-7-36-26(2)18-21-43(56-36)24-34-23-33(55-43)17-12-28(4)38(54-41(48)42(19-9-20-42)30-13-15-32(16-14-30)45-57(6,50)51)27(3)10-8-11-31-25-52-39-37(46)29(5)22-35(40(47)53-34)44(31,39)49/h8,10-16,22,26-27,33-39,45-46,49H,7,9,17-21,23-25H2,1-6H3/b10-8+,28-12+,31-11+/t26-,27-,33+,34-,35-,36+,37+,38+,39+,43+,44+/m0/s1. The molecule has 6 aliphatic rings. The summed E-state index contributed by atoms with van der Waals surface area (Å²) in [5.74, 6) is -2.96. The molecule has 4 heterocycles. The summed E-state index contributed by atoms with van der Waals surface area (Å²) in [7, 11) is -3.46. The van der Waals surface area contributed by atoms with Crippen molar-refractivity contribution in [2.45, 2.75) is 146 Å². The van der Waals surface area contributed by atoms with Crippen LogP contribution in [-0.4, -0.2) is 91.4 Å². The van der Waals surface area contributed by atoms with Gasteiger partial charge < -0.3 is 33.9 Å². The number of carbonyl (C=O) groups is 2. The zero-order valence-electron chi connectivity index (χ0n) is 33.9. The molecule has 0 unspecified atom stereocenters. The highest BCUT2D eigenvalue weighted by Gasteiger charge is 2.60. The predicted octanol–water partition coefficient (Wildman–Crippen LogP) is 5.94. The molecule has 4 fully saturated rings. The first-order valence-electron chi connectivity index (χ1n) is 20.6. The van der Waals surface area contributed by atoms with Gasteiger partial charge in [-0.05, 0) is 86.3 Å². The van der Waals surface area contributed by atoms with Crippen molar-refractivity contribution in [3.05, 3.63) is 76.9 Å². The molecule has 0 radical (unpaired) electrons. The lowest BCUT2D eigenvalue weighted by molar-refractivity contribution is -0.335. The van der Waals surface area contributed by atoms with E-state index in [1.807, 2.05) is 19.9 Å². The Morgan fingerprint density at radius 2 is 1.79 bits per heavy atom. The summed E-state index contributed by atoms with van der Waals surface area (Å²) in [4.78, 5) is 28.6. The van der Waals surface area contributed by atoms with E-state index in [-0.39, 0.29) is 30.7 Å². The Balaban J connectivity index is 1.24. The zero-order valence-corrected chi connectivity index (χ0v) is 34.8. The molecule has 1 aromatic carbocycles. The Morgan fingerprint density at radius 1 is 1.05 bits per heavy atom. The van der Waals surface area contributed by atoms with Gasteiger partial charge in [-0.15, -0.1) is 0 Å². The lowest BCUT2D eigenvalue weighted by atomic mass is 9.64. The van der Waals surface area contributed by atoms with Crippen molar-refractivity contribution in [1.82, 2.24) is 0 Å². The van der Waals surface area contributed by atoms with Crippen molar-refractivity contribution in [2.24, 2.45) is 17.8 Å². The fraction of sp³-hybridized carbons (Fsp3) is 0.636. The topological polar surface area (TPSA) is 167 Å². The van der Waals surface area contributed by atoms with Gasteiger partial charge in [-0.3, -0.25) is 14.3 Å². The third kappa shape index (κ3) is 8.17. The van der Waals surface area contributed by atoms with Gasteiger partial charge in [0.2, 0.25) is 10.0 Å². The molecular weight excluding hydrogens is 751 g/mol. The number of aliphatic hydroxyl groups is 2. The van der Waals surface area contributed by atoms with Crippen LogP contribution < -0.4 is 4.72 Å². The molecule has 13 heteroatoms. The van der Waals surface area contributed by atoms with Gasteiger partial charge in [0, 0.05) is 30.9 Å². The second-order valence-corrected chi connectivity index (χ2v) is 19.2. The van der Waals surface area contributed by atoms with Crippen LogP contribution in [0.4, 0.5) is 5.69 Å². The number of fused-ring (bicyclic) bond motifs is 2. The van der Waals surface area contributed by atoms with Gasteiger partial charge in [0.05, 0.1) is 30.5 Å². The van der Waals surface area contributed by atoms with Crippen LogP contribution in [0.5, 0.6) is 0 Å². The summed E-state index contributed by atoms with van der Waals surface area (Å²) in [5.41, 5.74) is 0.270.